The molecule has 0 aliphatic rings. The zero-order valence-electron chi connectivity index (χ0n) is 13.8. The number of rotatable bonds is 8. The minimum atomic E-state index is -0.902. The Balaban J connectivity index is 1.97. The van der Waals surface area contributed by atoms with E-state index in [1.807, 2.05) is 67.6 Å². The van der Waals surface area contributed by atoms with Gasteiger partial charge in [-0.3, -0.25) is 9.59 Å². The summed E-state index contributed by atoms with van der Waals surface area (Å²) in [4.78, 5) is 23.5. The Kier molecular flexibility index (Phi) is 6.55. The number of carboxylic acids is 1. The maximum atomic E-state index is 12.4. The molecule has 0 aliphatic heterocycles. The van der Waals surface area contributed by atoms with E-state index >= 15 is 0 Å². The molecule has 2 unspecified atom stereocenters. The number of hydrogen-bond acceptors (Lipinski definition) is 2. The molecule has 2 atom stereocenters. The topological polar surface area (TPSA) is 66.4 Å². The standard InChI is InChI=1S/C20H23NO3/c1-15(17-10-6-3-7-11-17)20(24)21-18(14-19(22)23)13-12-16-8-4-2-5-9-16/h2-11,15,18H,12-14H2,1H3,(H,21,24)(H,22,23). The SMILES string of the molecule is CC(C(=O)NC(CCc1ccccc1)CC(=O)O)c1ccccc1. The molecule has 0 saturated carbocycles. The van der Waals surface area contributed by atoms with E-state index in [-0.39, 0.29) is 24.3 Å². The smallest absolute Gasteiger partial charge is 0.305 e. The fourth-order valence-electron chi connectivity index (χ4n) is 2.64. The van der Waals surface area contributed by atoms with Gasteiger partial charge in [0, 0.05) is 6.04 Å². The number of amides is 1. The second-order valence-electron chi connectivity index (χ2n) is 5.96. The molecule has 0 bridgehead atoms. The van der Waals surface area contributed by atoms with Crippen LogP contribution in [0.2, 0.25) is 0 Å². The highest BCUT2D eigenvalue weighted by Crippen LogP contribution is 2.16. The highest BCUT2D eigenvalue weighted by atomic mass is 16.4. The summed E-state index contributed by atoms with van der Waals surface area (Å²) in [6, 6.07) is 19.0. The third-order valence-electron chi connectivity index (χ3n) is 4.08. The zero-order chi connectivity index (χ0) is 17.4. The van der Waals surface area contributed by atoms with Crippen molar-refractivity contribution < 1.29 is 14.7 Å². The van der Waals surface area contributed by atoms with E-state index in [2.05, 4.69) is 5.32 Å². The Morgan fingerprint density at radius 3 is 2.17 bits per heavy atom. The summed E-state index contributed by atoms with van der Waals surface area (Å²) in [6.45, 7) is 1.83. The molecule has 2 aromatic rings. The number of hydrogen-bond donors (Lipinski definition) is 2. The molecule has 2 rings (SSSR count). The van der Waals surface area contributed by atoms with Crippen molar-refractivity contribution in [2.45, 2.75) is 38.1 Å². The van der Waals surface area contributed by atoms with Gasteiger partial charge in [0.05, 0.1) is 12.3 Å². The Morgan fingerprint density at radius 2 is 1.58 bits per heavy atom. The van der Waals surface area contributed by atoms with Crippen LogP contribution < -0.4 is 5.32 Å². The summed E-state index contributed by atoms with van der Waals surface area (Å²) < 4.78 is 0. The predicted molar refractivity (Wildman–Crippen MR) is 93.8 cm³/mol. The summed E-state index contributed by atoms with van der Waals surface area (Å²) in [5.41, 5.74) is 2.06. The average molecular weight is 325 g/mol. The van der Waals surface area contributed by atoms with Gasteiger partial charge in [0.1, 0.15) is 0 Å². The molecule has 0 fully saturated rings. The number of benzene rings is 2. The molecular formula is C20H23NO3. The highest BCUT2D eigenvalue weighted by molar-refractivity contribution is 5.84. The van der Waals surface area contributed by atoms with Crippen molar-refractivity contribution in [2.24, 2.45) is 0 Å². The molecule has 4 heteroatoms. The summed E-state index contributed by atoms with van der Waals surface area (Å²) in [7, 11) is 0. The van der Waals surface area contributed by atoms with Gasteiger partial charge in [-0.05, 0) is 30.9 Å². The van der Waals surface area contributed by atoms with Crippen LogP contribution in [-0.2, 0) is 16.0 Å². The van der Waals surface area contributed by atoms with Crippen LogP contribution in [0, 0.1) is 0 Å². The third kappa shape index (κ3) is 5.54. The lowest BCUT2D eigenvalue weighted by Crippen LogP contribution is -2.39. The van der Waals surface area contributed by atoms with Crippen LogP contribution in [0.4, 0.5) is 0 Å². The van der Waals surface area contributed by atoms with Crippen molar-refractivity contribution in [1.82, 2.24) is 5.32 Å². The molecule has 4 nitrogen and oxygen atoms in total. The lowest BCUT2D eigenvalue weighted by Gasteiger charge is -2.20. The van der Waals surface area contributed by atoms with Gasteiger partial charge in [0.2, 0.25) is 5.91 Å². The fraction of sp³-hybridized carbons (Fsp3) is 0.300. The molecular weight excluding hydrogens is 302 g/mol. The normalized spacial score (nSPS) is 13.0. The van der Waals surface area contributed by atoms with E-state index in [1.165, 1.54) is 0 Å². The van der Waals surface area contributed by atoms with Crippen LogP contribution in [0.3, 0.4) is 0 Å². The molecule has 2 N–H and O–H groups in total. The van der Waals surface area contributed by atoms with Gasteiger partial charge in [-0.25, -0.2) is 0 Å². The molecule has 0 heterocycles. The van der Waals surface area contributed by atoms with Gasteiger partial charge in [-0.1, -0.05) is 60.7 Å². The van der Waals surface area contributed by atoms with Crippen molar-refractivity contribution in [2.75, 3.05) is 0 Å². The van der Waals surface area contributed by atoms with Crippen LogP contribution in [0.1, 0.15) is 36.8 Å². The van der Waals surface area contributed by atoms with E-state index in [4.69, 9.17) is 5.11 Å². The minimum absolute atomic E-state index is 0.0694. The van der Waals surface area contributed by atoms with Crippen molar-refractivity contribution in [3.63, 3.8) is 0 Å². The van der Waals surface area contributed by atoms with Gasteiger partial charge < -0.3 is 10.4 Å². The number of carbonyl (C=O) groups excluding carboxylic acids is 1. The molecule has 0 saturated heterocycles. The first-order valence-electron chi connectivity index (χ1n) is 8.17. The summed E-state index contributed by atoms with van der Waals surface area (Å²) in [5, 5.41) is 12.0. The molecule has 0 radical (unpaired) electrons. The maximum absolute atomic E-state index is 12.4. The molecule has 2 aromatic carbocycles. The number of carbonyl (C=O) groups is 2. The first-order chi connectivity index (χ1) is 11.6. The average Bonchev–Trinajstić information content (AvgIpc) is 2.60. The number of carboxylic acid groups (broad SMARTS) is 1. The second kappa shape index (κ2) is 8.87. The van der Waals surface area contributed by atoms with Crippen molar-refractivity contribution in [3.8, 4) is 0 Å². The minimum Gasteiger partial charge on any atom is -0.481 e. The lowest BCUT2D eigenvalue weighted by atomic mass is 9.98. The number of aryl methyl sites for hydroxylation is 1. The van der Waals surface area contributed by atoms with Crippen molar-refractivity contribution in [3.05, 3.63) is 71.8 Å². The van der Waals surface area contributed by atoms with Crippen LogP contribution in [0.25, 0.3) is 0 Å². The Morgan fingerprint density at radius 1 is 1.00 bits per heavy atom. The largest absolute Gasteiger partial charge is 0.481 e. The third-order valence-corrected chi connectivity index (χ3v) is 4.08. The Labute approximate surface area is 142 Å². The number of nitrogens with one attached hydrogen (secondary N) is 1. The van der Waals surface area contributed by atoms with Crippen molar-refractivity contribution >= 4 is 11.9 Å². The van der Waals surface area contributed by atoms with Crippen LogP contribution in [-0.4, -0.2) is 23.0 Å². The summed E-state index contributed by atoms with van der Waals surface area (Å²) in [6.07, 6.45) is 1.27. The molecule has 0 spiro atoms. The Hall–Kier alpha value is -2.62. The van der Waals surface area contributed by atoms with E-state index < -0.39 is 5.97 Å². The number of aliphatic carboxylic acids is 1. The van der Waals surface area contributed by atoms with Gasteiger partial charge >= 0.3 is 5.97 Å². The van der Waals surface area contributed by atoms with E-state index in [9.17, 15) is 9.59 Å². The lowest BCUT2D eigenvalue weighted by molar-refractivity contribution is -0.137. The van der Waals surface area contributed by atoms with E-state index in [1.54, 1.807) is 0 Å². The van der Waals surface area contributed by atoms with E-state index in [0.717, 1.165) is 17.5 Å². The van der Waals surface area contributed by atoms with Crippen LogP contribution >= 0.6 is 0 Å². The van der Waals surface area contributed by atoms with Gasteiger partial charge in [0.25, 0.3) is 0 Å². The van der Waals surface area contributed by atoms with Crippen molar-refractivity contribution in [1.29, 1.82) is 0 Å². The molecule has 24 heavy (non-hydrogen) atoms. The second-order valence-corrected chi connectivity index (χ2v) is 5.96. The molecule has 0 aliphatic carbocycles. The van der Waals surface area contributed by atoms with Gasteiger partial charge in [0.15, 0.2) is 0 Å². The summed E-state index contributed by atoms with van der Waals surface area (Å²) in [5.74, 6) is -1.35. The first kappa shape index (κ1) is 17.7. The molecule has 126 valence electrons. The van der Waals surface area contributed by atoms with E-state index in [0.29, 0.717) is 6.42 Å². The Bertz CT molecular complexity index is 655. The summed E-state index contributed by atoms with van der Waals surface area (Å²) >= 11 is 0. The molecule has 0 aromatic heterocycles. The van der Waals surface area contributed by atoms with Gasteiger partial charge in [-0.2, -0.15) is 0 Å². The highest BCUT2D eigenvalue weighted by Gasteiger charge is 2.20. The monoisotopic (exact) mass is 325 g/mol. The fourth-order valence-corrected chi connectivity index (χ4v) is 2.64. The maximum Gasteiger partial charge on any atom is 0.305 e. The van der Waals surface area contributed by atoms with Crippen LogP contribution in [0.15, 0.2) is 60.7 Å². The van der Waals surface area contributed by atoms with Gasteiger partial charge in [-0.15, -0.1) is 0 Å². The first-order valence-corrected chi connectivity index (χ1v) is 8.17. The predicted octanol–water partition coefficient (Wildman–Crippen LogP) is 3.38. The quantitative estimate of drug-likeness (QED) is 0.782. The zero-order valence-corrected chi connectivity index (χ0v) is 13.8. The van der Waals surface area contributed by atoms with Crippen LogP contribution in [0.5, 0.6) is 0 Å². The molecule has 1 amide bonds.